The van der Waals surface area contributed by atoms with Gasteiger partial charge in [-0.15, -0.1) is 0 Å². The predicted molar refractivity (Wildman–Crippen MR) is 122 cm³/mol. The van der Waals surface area contributed by atoms with E-state index >= 15 is 0 Å². The first-order chi connectivity index (χ1) is 13.8. The van der Waals surface area contributed by atoms with E-state index in [0.29, 0.717) is 12.0 Å². The van der Waals surface area contributed by atoms with E-state index in [-0.39, 0.29) is 0 Å². The van der Waals surface area contributed by atoms with Crippen LogP contribution in [0.5, 0.6) is 0 Å². The van der Waals surface area contributed by atoms with Crippen molar-refractivity contribution in [3.63, 3.8) is 0 Å². The minimum atomic E-state index is 0.407. The van der Waals surface area contributed by atoms with Crippen molar-refractivity contribution < 1.29 is 0 Å². The molecule has 0 saturated carbocycles. The number of nitrogens with two attached hydrogens (primary N) is 1. The van der Waals surface area contributed by atoms with E-state index in [1.54, 1.807) is 0 Å². The molecule has 0 heterocycles. The molecule has 0 aliphatic heterocycles. The molecule has 5 N–H and O–H groups in total. The van der Waals surface area contributed by atoms with Gasteiger partial charge < -0.3 is 21.7 Å². The highest BCUT2D eigenvalue weighted by Crippen LogP contribution is 2.25. The first-order valence-corrected chi connectivity index (χ1v) is 10.8. The number of para-hydroxylation sites is 1. The molecule has 2 unspecified atom stereocenters. The van der Waals surface area contributed by atoms with Crippen molar-refractivity contribution in [2.24, 2.45) is 5.73 Å². The number of nitrogens with one attached hydrogen (secondary N) is 3. The molecule has 0 spiro atoms. The van der Waals surface area contributed by atoms with Crippen LogP contribution in [0.4, 0.5) is 5.69 Å². The fourth-order valence-corrected chi connectivity index (χ4v) is 3.57. The summed E-state index contributed by atoms with van der Waals surface area (Å²) < 4.78 is 0. The molecular weight excluding hydrogens is 344 g/mol. The van der Waals surface area contributed by atoms with Gasteiger partial charge in [-0.25, -0.2) is 0 Å². The Hall–Kier alpha value is -1.88. The zero-order valence-electron chi connectivity index (χ0n) is 17.4. The second-order valence-electron chi connectivity index (χ2n) is 7.37. The Morgan fingerprint density at radius 3 is 2.14 bits per heavy atom. The van der Waals surface area contributed by atoms with Crippen LogP contribution < -0.4 is 21.7 Å². The zero-order chi connectivity index (χ0) is 19.9. The van der Waals surface area contributed by atoms with Gasteiger partial charge in [0.2, 0.25) is 0 Å². The average molecular weight is 383 g/mol. The largest absolute Gasteiger partial charge is 0.382 e. The van der Waals surface area contributed by atoms with Crippen LogP contribution >= 0.6 is 0 Å². The van der Waals surface area contributed by atoms with Crippen LogP contribution in [-0.4, -0.2) is 38.8 Å². The standard InChI is InChI=1S/C24H38N4/c1-2-11-24(28-22-14-7-4-8-15-22)23(21-12-5-3-6-13-21)20-27-19-10-18-26-17-9-16-25/h3-8,12-15,23-24,26-28H,2,9-11,16-20,25H2,1H3. The van der Waals surface area contributed by atoms with Gasteiger partial charge in [0, 0.05) is 24.2 Å². The SMILES string of the molecule is CCCC(Nc1ccccc1)C(CNCCCNCCCN)c1ccccc1. The van der Waals surface area contributed by atoms with Gasteiger partial charge in [0.05, 0.1) is 0 Å². The second kappa shape index (κ2) is 14.2. The van der Waals surface area contributed by atoms with Gasteiger partial charge >= 0.3 is 0 Å². The summed E-state index contributed by atoms with van der Waals surface area (Å²) in [5, 5.41) is 10.9. The van der Waals surface area contributed by atoms with E-state index < -0.39 is 0 Å². The maximum Gasteiger partial charge on any atom is 0.0342 e. The van der Waals surface area contributed by atoms with Crippen LogP contribution in [0.15, 0.2) is 60.7 Å². The molecule has 4 nitrogen and oxygen atoms in total. The number of rotatable bonds is 15. The highest BCUT2D eigenvalue weighted by atomic mass is 15.0. The normalized spacial score (nSPS) is 13.2. The molecule has 154 valence electrons. The molecule has 2 aromatic rings. The van der Waals surface area contributed by atoms with Crippen LogP contribution in [0, 0.1) is 0 Å². The molecule has 0 fully saturated rings. The lowest BCUT2D eigenvalue weighted by Gasteiger charge is -2.30. The van der Waals surface area contributed by atoms with E-state index in [0.717, 1.165) is 52.0 Å². The lowest BCUT2D eigenvalue weighted by atomic mass is 9.88. The second-order valence-corrected chi connectivity index (χ2v) is 7.37. The van der Waals surface area contributed by atoms with Crippen molar-refractivity contribution in [1.29, 1.82) is 0 Å². The summed E-state index contributed by atoms with van der Waals surface area (Å²) in [5.41, 5.74) is 8.13. The molecule has 4 heteroatoms. The lowest BCUT2D eigenvalue weighted by molar-refractivity contribution is 0.479. The maximum atomic E-state index is 5.53. The van der Waals surface area contributed by atoms with Gasteiger partial charge in [0.15, 0.2) is 0 Å². The van der Waals surface area contributed by atoms with Crippen molar-refractivity contribution in [3.05, 3.63) is 66.2 Å². The molecule has 2 aromatic carbocycles. The minimum absolute atomic E-state index is 0.407. The topological polar surface area (TPSA) is 62.1 Å². The first-order valence-electron chi connectivity index (χ1n) is 10.8. The third-order valence-electron chi connectivity index (χ3n) is 5.07. The van der Waals surface area contributed by atoms with Gasteiger partial charge in [-0.3, -0.25) is 0 Å². The molecule has 0 aromatic heterocycles. The van der Waals surface area contributed by atoms with Gasteiger partial charge in [-0.05, 0) is 63.1 Å². The third kappa shape index (κ3) is 8.42. The minimum Gasteiger partial charge on any atom is -0.382 e. The fraction of sp³-hybridized carbons (Fsp3) is 0.500. The van der Waals surface area contributed by atoms with E-state index in [1.807, 2.05) is 0 Å². The molecule has 0 bridgehead atoms. The lowest BCUT2D eigenvalue weighted by Crippen LogP contribution is -2.35. The van der Waals surface area contributed by atoms with Gasteiger partial charge in [-0.2, -0.15) is 0 Å². The summed E-state index contributed by atoms with van der Waals surface area (Å²) in [6, 6.07) is 21.9. The van der Waals surface area contributed by atoms with Gasteiger partial charge in [0.25, 0.3) is 0 Å². The van der Waals surface area contributed by atoms with Gasteiger partial charge in [-0.1, -0.05) is 61.9 Å². The Balaban J connectivity index is 1.93. The van der Waals surface area contributed by atoms with Crippen LogP contribution in [0.1, 0.15) is 44.1 Å². The smallest absolute Gasteiger partial charge is 0.0342 e. The molecular formula is C24H38N4. The van der Waals surface area contributed by atoms with Crippen molar-refractivity contribution in [2.75, 3.05) is 38.0 Å². The van der Waals surface area contributed by atoms with Crippen molar-refractivity contribution >= 4 is 5.69 Å². The predicted octanol–water partition coefficient (Wildman–Crippen LogP) is 3.97. The van der Waals surface area contributed by atoms with Crippen LogP contribution in [0.3, 0.4) is 0 Å². The molecule has 28 heavy (non-hydrogen) atoms. The highest BCUT2D eigenvalue weighted by molar-refractivity contribution is 5.44. The Bertz CT molecular complexity index is 603. The number of benzene rings is 2. The Morgan fingerprint density at radius 2 is 1.46 bits per heavy atom. The van der Waals surface area contributed by atoms with E-state index in [2.05, 4.69) is 83.5 Å². The first kappa shape index (κ1) is 22.4. The summed E-state index contributed by atoms with van der Waals surface area (Å²) in [6.07, 6.45) is 4.50. The monoisotopic (exact) mass is 382 g/mol. The summed E-state index contributed by atoms with van der Waals surface area (Å²) >= 11 is 0. The molecule has 0 aliphatic rings. The quantitative estimate of drug-likeness (QED) is 0.352. The van der Waals surface area contributed by atoms with Gasteiger partial charge in [0.1, 0.15) is 0 Å². The van der Waals surface area contributed by atoms with Crippen LogP contribution in [0.2, 0.25) is 0 Å². The Labute approximate surface area is 171 Å². The third-order valence-corrected chi connectivity index (χ3v) is 5.07. The van der Waals surface area contributed by atoms with Crippen molar-refractivity contribution in [3.8, 4) is 0 Å². The van der Waals surface area contributed by atoms with E-state index in [1.165, 1.54) is 17.7 Å². The number of anilines is 1. The maximum absolute atomic E-state index is 5.53. The van der Waals surface area contributed by atoms with E-state index in [4.69, 9.17) is 5.73 Å². The van der Waals surface area contributed by atoms with Crippen LogP contribution in [0.25, 0.3) is 0 Å². The zero-order valence-corrected chi connectivity index (χ0v) is 17.4. The van der Waals surface area contributed by atoms with Crippen molar-refractivity contribution in [2.45, 2.75) is 44.6 Å². The van der Waals surface area contributed by atoms with Crippen LogP contribution in [-0.2, 0) is 0 Å². The molecule has 0 saturated heterocycles. The molecule has 2 atom stereocenters. The summed E-state index contributed by atoms with van der Waals surface area (Å²) in [6.45, 7) is 7.10. The molecule has 0 radical (unpaired) electrons. The number of hydrogen-bond donors (Lipinski definition) is 4. The molecule has 2 rings (SSSR count). The Morgan fingerprint density at radius 1 is 0.821 bits per heavy atom. The summed E-state index contributed by atoms with van der Waals surface area (Å²) in [4.78, 5) is 0. The average Bonchev–Trinajstić information content (AvgIpc) is 2.74. The number of hydrogen-bond acceptors (Lipinski definition) is 4. The summed E-state index contributed by atoms with van der Waals surface area (Å²) in [5.74, 6) is 0.437. The summed E-state index contributed by atoms with van der Waals surface area (Å²) in [7, 11) is 0. The molecule has 0 amide bonds. The van der Waals surface area contributed by atoms with Crippen molar-refractivity contribution in [1.82, 2.24) is 10.6 Å². The fourth-order valence-electron chi connectivity index (χ4n) is 3.57. The van der Waals surface area contributed by atoms with E-state index in [9.17, 15) is 0 Å². The molecule has 0 aliphatic carbocycles. The Kier molecular flexibility index (Phi) is 11.3. The highest BCUT2D eigenvalue weighted by Gasteiger charge is 2.22.